The summed E-state index contributed by atoms with van der Waals surface area (Å²) < 4.78 is 24.2. The lowest BCUT2D eigenvalue weighted by Gasteiger charge is -2.22. The zero-order chi connectivity index (χ0) is 8.55. The van der Waals surface area contributed by atoms with Crippen molar-refractivity contribution in [2.24, 2.45) is 5.92 Å². The Balaban J connectivity index is 1.91. The van der Waals surface area contributed by atoms with E-state index < -0.39 is 6.43 Å². The summed E-state index contributed by atoms with van der Waals surface area (Å²) in [4.78, 5) is 1.93. The molecule has 2 nitrogen and oxygen atoms in total. The standard InChI is InChI=1S/C8H14F2N2/c9-8(10)5-12-2-1-6-3-11-4-7(6)12/h6-8,11H,1-5H2/t6-,7+/m1/s1. The van der Waals surface area contributed by atoms with Gasteiger partial charge in [-0.1, -0.05) is 0 Å². The molecule has 70 valence electrons. The van der Waals surface area contributed by atoms with Crippen LogP contribution in [0.1, 0.15) is 6.42 Å². The molecule has 2 fully saturated rings. The van der Waals surface area contributed by atoms with Gasteiger partial charge in [-0.15, -0.1) is 0 Å². The molecule has 0 aliphatic carbocycles. The van der Waals surface area contributed by atoms with Crippen LogP contribution in [0.4, 0.5) is 8.78 Å². The van der Waals surface area contributed by atoms with E-state index in [2.05, 4.69) is 5.32 Å². The molecule has 0 aromatic rings. The van der Waals surface area contributed by atoms with Crippen molar-refractivity contribution in [3.8, 4) is 0 Å². The summed E-state index contributed by atoms with van der Waals surface area (Å²) in [5.41, 5.74) is 0. The average molecular weight is 176 g/mol. The fourth-order valence-corrected chi connectivity index (χ4v) is 2.34. The molecule has 2 aliphatic rings. The van der Waals surface area contributed by atoms with Crippen LogP contribution in [0.3, 0.4) is 0 Å². The minimum atomic E-state index is -2.18. The Morgan fingerprint density at radius 2 is 2.25 bits per heavy atom. The number of hydrogen-bond donors (Lipinski definition) is 1. The van der Waals surface area contributed by atoms with E-state index in [0.717, 1.165) is 26.1 Å². The van der Waals surface area contributed by atoms with Gasteiger partial charge in [-0.2, -0.15) is 0 Å². The summed E-state index contributed by atoms with van der Waals surface area (Å²) in [5.74, 6) is 0.628. The fourth-order valence-electron chi connectivity index (χ4n) is 2.34. The first-order valence-corrected chi connectivity index (χ1v) is 4.50. The largest absolute Gasteiger partial charge is 0.315 e. The monoisotopic (exact) mass is 176 g/mol. The highest BCUT2D eigenvalue weighted by atomic mass is 19.3. The number of fused-ring (bicyclic) bond motifs is 1. The maximum Gasteiger partial charge on any atom is 0.251 e. The van der Waals surface area contributed by atoms with Gasteiger partial charge in [-0.05, 0) is 25.4 Å². The Kier molecular flexibility index (Phi) is 2.28. The van der Waals surface area contributed by atoms with Gasteiger partial charge in [0.25, 0.3) is 6.43 Å². The van der Waals surface area contributed by atoms with Gasteiger partial charge in [0.2, 0.25) is 0 Å². The van der Waals surface area contributed by atoms with Crippen LogP contribution in [0.2, 0.25) is 0 Å². The molecule has 1 N–H and O–H groups in total. The normalized spacial score (nSPS) is 36.2. The molecule has 0 aromatic heterocycles. The molecule has 2 heterocycles. The molecule has 2 aliphatic heterocycles. The lowest BCUT2D eigenvalue weighted by molar-refractivity contribution is 0.0825. The number of nitrogens with zero attached hydrogens (tertiary/aromatic N) is 1. The average Bonchev–Trinajstić information content (AvgIpc) is 2.52. The highest BCUT2D eigenvalue weighted by Gasteiger charge is 2.37. The van der Waals surface area contributed by atoms with Crippen molar-refractivity contribution >= 4 is 0 Å². The zero-order valence-corrected chi connectivity index (χ0v) is 6.97. The number of rotatable bonds is 2. The predicted molar refractivity (Wildman–Crippen MR) is 42.3 cm³/mol. The molecule has 0 radical (unpaired) electrons. The van der Waals surface area contributed by atoms with Crippen LogP contribution in [0.15, 0.2) is 0 Å². The Hall–Kier alpha value is -0.220. The number of nitrogens with one attached hydrogen (secondary N) is 1. The SMILES string of the molecule is FC(F)CN1CC[C@@H]2CNC[C@@H]21. The molecule has 0 unspecified atom stereocenters. The smallest absolute Gasteiger partial charge is 0.251 e. The van der Waals surface area contributed by atoms with Gasteiger partial charge in [0, 0.05) is 12.6 Å². The molecule has 2 rings (SSSR count). The number of alkyl halides is 2. The van der Waals surface area contributed by atoms with Crippen molar-refractivity contribution in [1.82, 2.24) is 10.2 Å². The van der Waals surface area contributed by atoms with Gasteiger partial charge in [0.05, 0.1) is 6.54 Å². The Bertz CT molecular complexity index is 163. The molecular formula is C8H14F2N2. The van der Waals surface area contributed by atoms with E-state index in [1.807, 2.05) is 4.90 Å². The van der Waals surface area contributed by atoms with E-state index >= 15 is 0 Å². The molecule has 0 spiro atoms. The van der Waals surface area contributed by atoms with Crippen LogP contribution >= 0.6 is 0 Å². The minimum Gasteiger partial charge on any atom is -0.315 e. The predicted octanol–water partition coefficient (Wildman–Crippen LogP) is 0.545. The van der Waals surface area contributed by atoms with Crippen molar-refractivity contribution in [2.45, 2.75) is 18.9 Å². The number of likely N-dealkylation sites (tertiary alicyclic amines) is 1. The molecule has 0 aromatic carbocycles. The third kappa shape index (κ3) is 1.45. The van der Waals surface area contributed by atoms with E-state index in [9.17, 15) is 8.78 Å². The van der Waals surface area contributed by atoms with Gasteiger partial charge in [0.1, 0.15) is 0 Å². The molecule has 2 saturated heterocycles. The maximum absolute atomic E-state index is 12.1. The Labute approximate surface area is 70.9 Å². The minimum absolute atomic E-state index is 0.0388. The summed E-state index contributed by atoms with van der Waals surface area (Å²) in [6, 6.07) is 0.388. The summed E-state index contributed by atoms with van der Waals surface area (Å²) >= 11 is 0. The van der Waals surface area contributed by atoms with Crippen LogP contribution < -0.4 is 5.32 Å². The van der Waals surface area contributed by atoms with Crippen LogP contribution in [0.25, 0.3) is 0 Å². The second-order valence-electron chi connectivity index (χ2n) is 3.66. The van der Waals surface area contributed by atoms with Crippen molar-refractivity contribution < 1.29 is 8.78 Å². The van der Waals surface area contributed by atoms with E-state index in [1.54, 1.807) is 0 Å². The van der Waals surface area contributed by atoms with Crippen molar-refractivity contribution in [3.05, 3.63) is 0 Å². The fraction of sp³-hybridized carbons (Fsp3) is 1.00. The van der Waals surface area contributed by atoms with Crippen LogP contribution in [0, 0.1) is 5.92 Å². The quantitative estimate of drug-likeness (QED) is 0.660. The van der Waals surface area contributed by atoms with Crippen molar-refractivity contribution in [2.75, 3.05) is 26.2 Å². The van der Waals surface area contributed by atoms with E-state index in [0.29, 0.717) is 12.0 Å². The van der Waals surface area contributed by atoms with E-state index in [4.69, 9.17) is 0 Å². The Morgan fingerprint density at radius 1 is 1.42 bits per heavy atom. The van der Waals surface area contributed by atoms with Crippen LogP contribution in [-0.2, 0) is 0 Å². The molecule has 12 heavy (non-hydrogen) atoms. The molecule has 0 amide bonds. The van der Waals surface area contributed by atoms with Crippen LogP contribution in [-0.4, -0.2) is 43.5 Å². The lowest BCUT2D eigenvalue weighted by atomic mass is 10.1. The summed E-state index contributed by atoms with van der Waals surface area (Å²) in [7, 11) is 0. The van der Waals surface area contributed by atoms with Gasteiger partial charge >= 0.3 is 0 Å². The van der Waals surface area contributed by atoms with Gasteiger partial charge < -0.3 is 5.32 Å². The summed E-state index contributed by atoms with van der Waals surface area (Å²) in [6.07, 6.45) is -1.09. The maximum atomic E-state index is 12.1. The highest BCUT2D eigenvalue weighted by Crippen LogP contribution is 2.27. The summed E-state index contributed by atoms with van der Waals surface area (Å²) in [6.45, 7) is 2.74. The number of hydrogen-bond acceptors (Lipinski definition) is 2. The van der Waals surface area contributed by atoms with Crippen LogP contribution in [0.5, 0.6) is 0 Å². The van der Waals surface area contributed by atoms with Gasteiger partial charge in [-0.3, -0.25) is 4.90 Å². The zero-order valence-electron chi connectivity index (χ0n) is 6.97. The number of halogens is 2. The first-order valence-electron chi connectivity index (χ1n) is 4.50. The molecular weight excluding hydrogens is 162 g/mol. The molecule has 0 bridgehead atoms. The first kappa shape index (κ1) is 8.38. The summed E-state index contributed by atoms with van der Waals surface area (Å²) in [5, 5.41) is 3.24. The van der Waals surface area contributed by atoms with E-state index in [-0.39, 0.29) is 6.54 Å². The van der Waals surface area contributed by atoms with Crippen molar-refractivity contribution in [1.29, 1.82) is 0 Å². The first-order chi connectivity index (χ1) is 5.77. The lowest BCUT2D eigenvalue weighted by Crippen LogP contribution is -2.37. The van der Waals surface area contributed by atoms with Crippen molar-refractivity contribution in [3.63, 3.8) is 0 Å². The van der Waals surface area contributed by atoms with Gasteiger partial charge in [-0.25, -0.2) is 8.78 Å². The molecule has 0 saturated carbocycles. The second-order valence-corrected chi connectivity index (χ2v) is 3.66. The third-order valence-electron chi connectivity index (χ3n) is 2.93. The second kappa shape index (κ2) is 3.26. The molecule has 4 heteroatoms. The van der Waals surface area contributed by atoms with E-state index in [1.165, 1.54) is 0 Å². The van der Waals surface area contributed by atoms with Gasteiger partial charge in [0.15, 0.2) is 0 Å². The highest BCUT2D eigenvalue weighted by molar-refractivity contribution is 4.94. The third-order valence-corrected chi connectivity index (χ3v) is 2.93. The topological polar surface area (TPSA) is 15.3 Å². The molecule has 2 atom stereocenters. The Morgan fingerprint density at radius 3 is 3.00 bits per heavy atom.